The summed E-state index contributed by atoms with van der Waals surface area (Å²) in [6.45, 7) is 1.83. The predicted molar refractivity (Wildman–Crippen MR) is 178 cm³/mol. The fourth-order valence-corrected chi connectivity index (χ4v) is 5.21. The van der Waals surface area contributed by atoms with Crippen molar-refractivity contribution in [1.82, 2.24) is 5.32 Å². The van der Waals surface area contributed by atoms with Crippen LogP contribution in [0.2, 0.25) is 0 Å². The molecule has 0 saturated heterocycles. The largest absolute Gasteiger partial charge is 0.496 e. The molecule has 3 N–H and O–H groups in total. The Kier molecular flexibility index (Phi) is 10.1. The summed E-state index contributed by atoms with van der Waals surface area (Å²) in [6.07, 6.45) is 1.48. The van der Waals surface area contributed by atoms with E-state index in [0.29, 0.717) is 28.5 Å². The van der Waals surface area contributed by atoms with Crippen molar-refractivity contribution in [3.8, 4) is 17.1 Å². The highest BCUT2D eigenvalue weighted by atomic mass is 32.2. The smallest absolute Gasteiger partial charge is 0.272 e. The molecule has 9 heteroatoms. The number of hydrogen-bond acceptors (Lipinski definition) is 6. The topological polar surface area (TPSA) is 110 Å². The van der Waals surface area contributed by atoms with E-state index in [-0.39, 0.29) is 16.9 Å². The maximum atomic E-state index is 13.5. The van der Waals surface area contributed by atoms with E-state index in [0.717, 1.165) is 16.1 Å². The van der Waals surface area contributed by atoms with Crippen LogP contribution in [0.4, 0.5) is 11.4 Å². The number of amides is 3. The minimum Gasteiger partial charge on any atom is -0.496 e. The molecule has 0 bridgehead atoms. The van der Waals surface area contributed by atoms with Gasteiger partial charge in [-0.15, -0.1) is 11.8 Å². The average Bonchev–Trinajstić information content (AvgIpc) is 3.54. The van der Waals surface area contributed by atoms with Crippen molar-refractivity contribution >= 4 is 46.9 Å². The van der Waals surface area contributed by atoms with Crippen molar-refractivity contribution < 1.29 is 23.5 Å². The molecule has 1 aromatic heterocycles. The normalized spacial score (nSPS) is 11.7. The van der Waals surface area contributed by atoms with Gasteiger partial charge in [0.25, 0.3) is 11.8 Å². The second-order valence-corrected chi connectivity index (χ2v) is 11.3. The van der Waals surface area contributed by atoms with Gasteiger partial charge in [0.05, 0.1) is 17.9 Å². The van der Waals surface area contributed by atoms with E-state index in [2.05, 4.69) is 16.0 Å². The molecule has 0 spiro atoms. The van der Waals surface area contributed by atoms with Crippen LogP contribution in [0, 0.1) is 0 Å². The molecule has 0 radical (unpaired) electrons. The molecule has 1 heterocycles. The Balaban J connectivity index is 1.31. The van der Waals surface area contributed by atoms with Crippen LogP contribution in [0.1, 0.15) is 23.0 Å². The summed E-state index contributed by atoms with van der Waals surface area (Å²) in [5, 5.41) is 8.12. The van der Waals surface area contributed by atoms with Gasteiger partial charge in [0.1, 0.15) is 23.0 Å². The van der Waals surface area contributed by atoms with E-state index in [1.165, 1.54) is 17.8 Å². The molecule has 45 heavy (non-hydrogen) atoms. The molecule has 8 nitrogen and oxygen atoms in total. The van der Waals surface area contributed by atoms with Gasteiger partial charge in [0.2, 0.25) is 5.91 Å². The number of nitrogens with one attached hydrogen (secondary N) is 3. The van der Waals surface area contributed by atoms with Gasteiger partial charge in [-0.25, -0.2) is 0 Å². The highest BCUT2D eigenvalue weighted by molar-refractivity contribution is 8.00. The summed E-state index contributed by atoms with van der Waals surface area (Å²) in [5.41, 5.74) is 2.40. The highest BCUT2D eigenvalue weighted by Crippen LogP contribution is 2.31. The number of anilines is 2. The van der Waals surface area contributed by atoms with E-state index in [9.17, 15) is 14.4 Å². The van der Waals surface area contributed by atoms with Gasteiger partial charge in [0, 0.05) is 27.9 Å². The van der Waals surface area contributed by atoms with E-state index in [1.54, 1.807) is 61.7 Å². The van der Waals surface area contributed by atoms with Crippen LogP contribution in [0.15, 0.2) is 136 Å². The Labute approximate surface area is 265 Å². The molecule has 4 aromatic carbocycles. The molecular formula is C36H31N3O5S. The lowest BCUT2D eigenvalue weighted by Crippen LogP contribution is -2.30. The molecule has 0 aliphatic carbocycles. The van der Waals surface area contributed by atoms with Crippen LogP contribution in [0.25, 0.3) is 17.4 Å². The molecule has 226 valence electrons. The SMILES string of the molecule is COc1ccccc1-c1ccc(/C=C(/NC(=O)c2ccccc2)C(=O)Nc2ccc(SC(C)C(=O)Nc3ccccc3)cc2)o1. The third-order valence-electron chi connectivity index (χ3n) is 6.65. The fourth-order valence-electron chi connectivity index (χ4n) is 4.35. The number of carbonyl (C=O) groups is 3. The van der Waals surface area contributed by atoms with Crippen molar-refractivity contribution in [1.29, 1.82) is 0 Å². The predicted octanol–water partition coefficient (Wildman–Crippen LogP) is 7.48. The van der Waals surface area contributed by atoms with E-state index < -0.39 is 11.8 Å². The minimum absolute atomic E-state index is 0.00515. The molecule has 5 rings (SSSR count). The first kappa shape index (κ1) is 30.9. The molecule has 3 amide bonds. The number of furan rings is 1. The maximum Gasteiger partial charge on any atom is 0.272 e. The second-order valence-electron chi connectivity index (χ2n) is 9.87. The summed E-state index contributed by atoms with van der Waals surface area (Å²) >= 11 is 1.40. The third kappa shape index (κ3) is 8.31. The maximum absolute atomic E-state index is 13.5. The summed E-state index contributed by atoms with van der Waals surface area (Å²) in [4.78, 5) is 40.0. The zero-order chi connectivity index (χ0) is 31.6. The second kappa shape index (κ2) is 14.8. The number of hydrogen-bond donors (Lipinski definition) is 3. The van der Waals surface area contributed by atoms with Crippen LogP contribution >= 0.6 is 11.8 Å². The molecule has 5 aromatic rings. The average molecular weight is 618 g/mol. The first-order valence-corrected chi connectivity index (χ1v) is 15.0. The molecule has 0 saturated carbocycles. The zero-order valence-corrected chi connectivity index (χ0v) is 25.5. The Hall–Kier alpha value is -5.54. The van der Waals surface area contributed by atoms with Crippen LogP contribution < -0.4 is 20.7 Å². The molecule has 0 aliphatic heterocycles. The molecule has 0 fully saturated rings. The molecular weight excluding hydrogens is 586 g/mol. The number of carbonyl (C=O) groups excluding carboxylic acids is 3. The zero-order valence-electron chi connectivity index (χ0n) is 24.7. The van der Waals surface area contributed by atoms with Crippen molar-refractivity contribution in [3.05, 3.63) is 138 Å². The van der Waals surface area contributed by atoms with E-state index in [4.69, 9.17) is 9.15 Å². The van der Waals surface area contributed by atoms with Crippen molar-refractivity contribution in [2.24, 2.45) is 0 Å². The highest BCUT2D eigenvalue weighted by Gasteiger charge is 2.18. The lowest BCUT2D eigenvalue weighted by molar-refractivity contribution is -0.115. The van der Waals surface area contributed by atoms with Crippen LogP contribution in [-0.2, 0) is 9.59 Å². The lowest BCUT2D eigenvalue weighted by Gasteiger charge is -2.13. The Bertz CT molecular complexity index is 1800. The summed E-state index contributed by atoms with van der Waals surface area (Å²) in [7, 11) is 1.58. The standard InChI is InChI=1S/C36H31N3O5S/c1-24(34(40)37-26-13-7-4-8-14-26)45-29-20-17-27(18-21-29)38-36(42)31(39-35(41)25-11-5-3-6-12-25)23-28-19-22-33(44-28)30-15-9-10-16-32(30)43-2/h3-24H,1-2H3,(H,37,40)(H,38,42)(H,39,41)/b31-23+. The minimum atomic E-state index is -0.537. The summed E-state index contributed by atoms with van der Waals surface area (Å²) in [6, 6.07) is 36.0. The monoisotopic (exact) mass is 617 g/mol. The van der Waals surface area contributed by atoms with Crippen molar-refractivity contribution in [3.63, 3.8) is 0 Å². The lowest BCUT2D eigenvalue weighted by atomic mass is 10.1. The van der Waals surface area contributed by atoms with E-state index in [1.807, 2.05) is 73.7 Å². The first-order chi connectivity index (χ1) is 21.9. The quantitative estimate of drug-likeness (QED) is 0.105. The van der Waals surface area contributed by atoms with Gasteiger partial charge in [-0.3, -0.25) is 14.4 Å². The van der Waals surface area contributed by atoms with Gasteiger partial charge in [-0.2, -0.15) is 0 Å². The van der Waals surface area contributed by atoms with Crippen LogP contribution in [0.5, 0.6) is 5.75 Å². The number of ether oxygens (including phenoxy) is 1. The molecule has 1 unspecified atom stereocenters. The van der Waals surface area contributed by atoms with Gasteiger partial charge >= 0.3 is 0 Å². The van der Waals surface area contributed by atoms with E-state index >= 15 is 0 Å². The van der Waals surface area contributed by atoms with Crippen molar-refractivity contribution in [2.75, 3.05) is 17.7 Å². The number of methoxy groups -OCH3 is 1. The number of rotatable bonds is 11. The van der Waals surface area contributed by atoms with Gasteiger partial charge in [0.15, 0.2) is 0 Å². The van der Waals surface area contributed by atoms with Gasteiger partial charge < -0.3 is 25.1 Å². The first-order valence-electron chi connectivity index (χ1n) is 14.1. The van der Waals surface area contributed by atoms with Crippen LogP contribution in [0.3, 0.4) is 0 Å². The third-order valence-corrected chi connectivity index (χ3v) is 7.76. The van der Waals surface area contributed by atoms with Gasteiger partial charge in [-0.05, 0) is 79.7 Å². The Morgan fingerprint density at radius 1 is 0.756 bits per heavy atom. The molecule has 1 atom stereocenters. The van der Waals surface area contributed by atoms with Crippen LogP contribution in [-0.4, -0.2) is 30.1 Å². The number of para-hydroxylation sites is 2. The summed E-state index contributed by atoms with van der Waals surface area (Å²) in [5.74, 6) is 0.468. The number of benzene rings is 4. The van der Waals surface area contributed by atoms with Crippen molar-refractivity contribution in [2.45, 2.75) is 17.1 Å². The van der Waals surface area contributed by atoms with Gasteiger partial charge in [-0.1, -0.05) is 48.5 Å². The fraction of sp³-hybridized carbons (Fsp3) is 0.0833. The Morgan fingerprint density at radius 2 is 1.40 bits per heavy atom. The number of thioether (sulfide) groups is 1. The Morgan fingerprint density at radius 3 is 2.11 bits per heavy atom. The summed E-state index contributed by atoms with van der Waals surface area (Å²) < 4.78 is 11.5. The molecule has 0 aliphatic rings.